The van der Waals surface area contributed by atoms with Crippen LogP contribution in [0.5, 0.6) is 0 Å². The minimum absolute atomic E-state index is 0.0320. The number of furan rings is 1. The number of benzene rings is 2. The highest BCUT2D eigenvalue weighted by Crippen LogP contribution is 2.32. The Labute approximate surface area is 148 Å². The second-order valence-corrected chi connectivity index (χ2v) is 5.84. The lowest BCUT2D eigenvalue weighted by molar-refractivity contribution is 0.0885. The smallest absolute Gasteiger partial charge is 0.117 e. The van der Waals surface area contributed by atoms with Gasteiger partial charge in [-0.3, -0.25) is 4.90 Å². The summed E-state index contributed by atoms with van der Waals surface area (Å²) in [5, 5.41) is 10.1. The Morgan fingerprint density at radius 2 is 1.56 bits per heavy atom. The summed E-state index contributed by atoms with van der Waals surface area (Å²) in [5.74, 6) is 3.70. The molecule has 0 spiro atoms. The van der Waals surface area contributed by atoms with E-state index < -0.39 is 0 Å². The van der Waals surface area contributed by atoms with Gasteiger partial charge in [0.1, 0.15) is 5.76 Å². The van der Waals surface area contributed by atoms with E-state index in [4.69, 9.17) is 10.8 Å². The molecular weight excluding hydrogens is 310 g/mol. The minimum atomic E-state index is -0.274. The minimum Gasteiger partial charge on any atom is -0.468 e. The molecule has 1 aromatic heterocycles. The van der Waals surface area contributed by atoms with Crippen molar-refractivity contribution in [2.24, 2.45) is 0 Å². The zero-order valence-corrected chi connectivity index (χ0v) is 14.0. The van der Waals surface area contributed by atoms with Crippen LogP contribution in [0.3, 0.4) is 0 Å². The summed E-state index contributed by atoms with van der Waals surface area (Å²) in [6, 6.07) is 23.1. The second kappa shape index (κ2) is 8.34. The molecule has 0 radical (unpaired) electrons. The van der Waals surface area contributed by atoms with Crippen molar-refractivity contribution >= 4 is 0 Å². The zero-order chi connectivity index (χ0) is 17.5. The molecule has 25 heavy (non-hydrogen) atoms. The van der Waals surface area contributed by atoms with Crippen molar-refractivity contribution in [1.29, 1.82) is 0 Å². The van der Waals surface area contributed by atoms with Crippen molar-refractivity contribution in [2.75, 3.05) is 6.61 Å². The molecule has 1 heterocycles. The third kappa shape index (κ3) is 4.00. The van der Waals surface area contributed by atoms with Gasteiger partial charge in [-0.25, -0.2) is 0 Å². The number of aliphatic hydroxyl groups excluding tert-OH is 1. The van der Waals surface area contributed by atoms with Gasteiger partial charge in [0.25, 0.3) is 0 Å². The summed E-state index contributed by atoms with van der Waals surface area (Å²) in [6.45, 7) is 0.479. The molecule has 3 nitrogen and oxygen atoms in total. The van der Waals surface area contributed by atoms with Gasteiger partial charge in [0.15, 0.2) is 0 Å². The highest BCUT2D eigenvalue weighted by Gasteiger charge is 2.28. The predicted molar refractivity (Wildman–Crippen MR) is 98.5 cm³/mol. The van der Waals surface area contributed by atoms with Gasteiger partial charge in [-0.2, -0.15) is 0 Å². The number of hydrogen-bond acceptors (Lipinski definition) is 3. The number of rotatable bonds is 7. The molecule has 3 heteroatoms. The van der Waals surface area contributed by atoms with Gasteiger partial charge < -0.3 is 9.52 Å². The normalized spacial score (nSPS) is 13.3. The first-order valence-corrected chi connectivity index (χ1v) is 8.28. The molecule has 0 aliphatic rings. The van der Waals surface area contributed by atoms with E-state index in [0.717, 1.165) is 16.9 Å². The Hall–Kier alpha value is -2.80. The van der Waals surface area contributed by atoms with Crippen molar-refractivity contribution in [3.8, 4) is 12.3 Å². The van der Waals surface area contributed by atoms with Crippen LogP contribution in [-0.2, 0) is 6.54 Å². The van der Waals surface area contributed by atoms with Crippen LogP contribution >= 0.6 is 0 Å². The van der Waals surface area contributed by atoms with E-state index in [0.29, 0.717) is 6.54 Å². The van der Waals surface area contributed by atoms with Crippen LogP contribution in [0.1, 0.15) is 29.0 Å². The molecule has 0 aliphatic carbocycles. The van der Waals surface area contributed by atoms with E-state index in [1.54, 1.807) is 6.26 Å². The molecule has 0 saturated heterocycles. The molecule has 0 saturated carbocycles. The summed E-state index contributed by atoms with van der Waals surface area (Å²) in [7, 11) is 0. The second-order valence-electron chi connectivity index (χ2n) is 5.84. The van der Waals surface area contributed by atoms with Crippen LogP contribution in [0, 0.1) is 12.3 Å². The van der Waals surface area contributed by atoms with Gasteiger partial charge in [0.2, 0.25) is 0 Å². The van der Waals surface area contributed by atoms with Crippen molar-refractivity contribution in [2.45, 2.75) is 18.6 Å². The van der Waals surface area contributed by atoms with E-state index in [-0.39, 0.29) is 18.7 Å². The maximum absolute atomic E-state index is 10.1. The van der Waals surface area contributed by atoms with Crippen molar-refractivity contribution in [3.63, 3.8) is 0 Å². The Morgan fingerprint density at radius 3 is 2.08 bits per heavy atom. The van der Waals surface area contributed by atoms with Crippen LogP contribution < -0.4 is 0 Å². The monoisotopic (exact) mass is 331 g/mol. The van der Waals surface area contributed by atoms with Gasteiger partial charge in [-0.15, -0.1) is 6.42 Å². The van der Waals surface area contributed by atoms with Crippen LogP contribution in [0.15, 0.2) is 83.5 Å². The third-order valence-electron chi connectivity index (χ3n) is 4.28. The Balaban J connectivity index is 2.00. The molecule has 0 aliphatic heterocycles. The van der Waals surface area contributed by atoms with E-state index >= 15 is 0 Å². The van der Waals surface area contributed by atoms with E-state index in [1.165, 1.54) is 0 Å². The first kappa shape index (κ1) is 17.0. The van der Waals surface area contributed by atoms with E-state index in [1.807, 2.05) is 72.8 Å². The fourth-order valence-corrected chi connectivity index (χ4v) is 3.06. The van der Waals surface area contributed by atoms with Gasteiger partial charge in [0.05, 0.1) is 31.5 Å². The van der Waals surface area contributed by atoms with Crippen LogP contribution in [0.4, 0.5) is 0 Å². The van der Waals surface area contributed by atoms with Crippen molar-refractivity contribution in [1.82, 2.24) is 4.90 Å². The molecule has 3 rings (SSSR count). The van der Waals surface area contributed by atoms with Gasteiger partial charge in [-0.1, -0.05) is 66.6 Å². The summed E-state index contributed by atoms with van der Waals surface area (Å²) in [4.78, 5) is 2.10. The molecular formula is C22H21NO2. The van der Waals surface area contributed by atoms with Gasteiger partial charge in [0, 0.05) is 0 Å². The van der Waals surface area contributed by atoms with E-state index in [9.17, 15) is 5.11 Å². The van der Waals surface area contributed by atoms with Gasteiger partial charge >= 0.3 is 0 Å². The summed E-state index contributed by atoms with van der Waals surface area (Å²) in [6.07, 6.45) is 7.55. The molecule has 0 unspecified atom stereocenters. The standard InChI is InChI=1S/C22H21NO2/c1-2-21(18-10-5-3-6-11-18)23(16-20-14-9-15-25-20)22(17-24)19-12-7-4-8-13-19/h1,3-15,21-22,24H,16-17H2/t21-,22-/m0/s1. The fourth-order valence-electron chi connectivity index (χ4n) is 3.06. The molecule has 1 N–H and O–H groups in total. The topological polar surface area (TPSA) is 36.6 Å². The van der Waals surface area contributed by atoms with Gasteiger partial charge in [-0.05, 0) is 23.3 Å². The fraction of sp³-hybridized carbons (Fsp3) is 0.182. The number of aliphatic hydroxyl groups is 1. The molecule has 2 atom stereocenters. The lowest BCUT2D eigenvalue weighted by Gasteiger charge is -2.34. The zero-order valence-electron chi connectivity index (χ0n) is 14.0. The molecule has 0 amide bonds. The van der Waals surface area contributed by atoms with Crippen molar-refractivity contribution in [3.05, 3.63) is 95.9 Å². The lowest BCUT2D eigenvalue weighted by Crippen LogP contribution is -2.34. The van der Waals surface area contributed by atoms with Crippen LogP contribution in [-0.4, -0.2) is 16.6 Å². The lowest BCUT2D eigenvalue weighted by atomic mass is 9.99. The number of hydrogen-bond donors (Lipinski definition) is 1. The summed E-state index contributed by atoms with van der Waals surface area (Å²) >= 11 is 0. The first-order valence-electron chi connectivity index (χ1n) is 8.28. The summed E-state index contributed by atoms with van der Waals surface area (Å²) < 4.78 is 5.53. The average molecular weight is 331 g/mol. The van der Waals surface area contributed by atoms with Crippen molar-refractivity contribution < 1.29 is 9.52 Å². The molecule has 0 fully saturated rings. The molecule has 126 valence electrons. The predicted octanol–water partition coefficient (Wildman–Crippen LogP) is 4.19. The number of nitrogens with zero attached hydrogens (tertiary/aromatic N) is 1. The maximum Gasteiger partial charge on any atom is 0.117 e. The average Bonchev–Trinajstić information content (AvgIpc) is 3.18. The summed E-state index contributed by atoms with van der Waals surface area (Å²) in [5.41, 5.74) is 2.04. The first-order chi connectivity index (χ1) is 12.3. The highest BCUT2D eigenvalue weighted by atomic mass is 16.3. The van der Waals surface area contributed by atoms with Crippen LogP contribution in [0.2, 0.25) is 0 Å². The largest absolute Gasteiger partial charge is 0.468 e. The maximum atomic E-state index is 10.1. The van der Waals surface area contributed by atoms with Crippen LogP contribution in [0.25, 0.3) is 0 Å². The molecule has 2 aromatic carbocycles. The SMILES string of the molecule is C#C[C@@H](c1ccccc1)N(Cc1ccco1)[C@@H](CO)c1ccccc1. The Morgan fingerprint density at radius 1 is 0.920 bits per heavy atom. The number of terminal acetylenes is 1. The highest BCUT2D eigenvalue weighted by molar-refractivity contribution is 5.28. The Bertz CT molecular complexity index is 791. The quantitative estimate of drug-likeness (QED) is 0.660. The third-order valence-corrected chi connectivity index (χ3v) is 4.28. The molecule has 3 aromatic rings. The Kier molecular flexibility index (Phi) is 5.69. The molecule has 0 bridgehead atoms. The van der Waals surface area contributed by atoms with E-state index in [2.05, 4.69) is 10.8 Å².